The van der Waals surface area contributed by atoms with Crippen molar-refractivity contribution in [3.05, 3.63) is 53.2 Å². The van der Waals surface area contributed by atoms with Crippen LogP contribution < -0.4 is 10.1 Å². The van der Waals surface area contributed by atoms with Gasteiger partial charge in [0.1, 0.15) is 17.3 Å². The van der Waals surface area contributed by atoms with Gasteiger partial charge in [0.15, 0.2) is 0 Å². The van der Waals surface area contributed by atoms with Crippen LogP contribution in [0.1, 0.15) is 43.1 Å². The number of anilines is 1. The Labute approximate surface area is 193 Å². The summed E-state index contributed by atoms with van der Waals surface area (Å²) >= 11 is 0. The van der Waals surface area contributed by atoms with Crippen molar-refractivity contribution in [2.45, 2.75) is 38.9 Å². The molecule has 0 aliphatic carbocycles. The van der Waals surface area contributed by atoms with Crippen LogP contribution in [0, 0.1) is 5.92 Å². The van der Waals surface area contributed by atoms with Crippen LogP contribution >= 0.6 is 0 Å². The number of alkyl halides is 3. The summed E-state index contributed by atoms with van der Waals surface area (Å²) in [6.07, 6.45) is -5.28. The number of benzene rings is 1. The maximum absolute atomic E-state index is 13.2. The fourth-order valence-electron chi connectivity index (χ4n) is 3.57. The predicted molar refractivity (Wildman–Crippen MR) is 115 cm³/mol. The number of carboxylic acid groups (broad SMARTS) is 1. The van der Waals surface area contributed by atoms with Gasteiger partial charge >= 0.3 is 18.1 Å². The molecule has 0 saturated carbocycles. The van der Waals surface area contributed by atoms with Crippen molar-refractivity contribution < 1.29 is 37.4 Å². The van der Waals surface area contributed by atoms with Gasteiger partial charge in [0.25, 0.3) is 0 Å². The lowest BCUT2D eigenvalue weighted by Gasteiger charge is -2.29. The third-order valence-electron chi connectivity index (χ3n) is 5.23. The van der Waals surface area contributed by atoms with Gasteiger partial charge < -0.3 is 20.1 Å². The molecule has 34 heavy (non-hydrogen) atoms. The molecule has 0 fully saturated rings. The number of hydrogen-bond acceptors (Lipinski definition) is 6. The van der Waals surface area contributed by atoms with E-state index in [-0.39, 0.29) is 42.6 Å². The summed E-state index contributed by atoms with van der Waals surface area (Å²) in [6.45, 7) is 3.54. The lowest BCUT2D eigenvalue weighted by atomic mass is 10.0. The van der Waals surface area contributed by atoms with Crippen LogP contribution in [0.2, 0.25) is 0 Å². The molecule has 1 aromatic heterocycles. The maximum Gasteiger partial charge on any atom is 0.433 e. The molecule has 8 nitrogen and oxygen atoms in total. The minimum Gasteiger partial charge on any atom is -0.481 e. The molecule has 0 bridgehead atoms. The number of esters is 1. The number of ether oxygens (including phenoxy) is 1. The lowest BCUT2D eigenvalue weighted by molar-refractivity contribution is -0.142. The minimum absolute atomic E-state index is 0.0660. The lowest BCUT2D eigenvalue weighted by Crippen LogP contribution is -2.38. The van der Waals surface area contributed by atoms with Crippen LogP contribution in [0.25, 0.3) is 0 Å². The molecule has 1 atom stereocenters. The van der Waals surface area contributed by atoms with Crippen LogP contribution in [0.15, 0.2) is 36.4 Å². The van der Waals surface area contributed by atoms with Gasteiger partial charge in [-0.15, -0.1) is 0 Å². The number of carbonyl (C=O) groups excluding carboxylic acids is 2. The molecule has 0 unspecified atom stereocenters. The number of aromatic nitrogens is 1. The molecule has 2 heterocycles. The summed E-state index contributed by atoms with van der Waals surface area (Å²) in [7, 11) is 0. The van der Waals surface area contributed by atoms with Crippen LogP contribution in [0.3, 0.4) is 0 Å². The number of halogens is 3. The minimum atomic E-state index is -4.66. The Morgan fingerprint density at radius 2 is 1.97 bits per heavy atom. The monoisotopic (exact) mass is 479 g/mol. The molecule has 182 valence electrons. The zero-order valence-electron chi connectivity index (χ0n) is 18.6. The topological polar surface area (TPSA) is 109 Å². The average molecular weight is 479 g/mol. The third-order valence-corrected chi connectivity index (χ3v) is 5.23. The number of aliphatic carboxylic acids is 1. The zero-order valence-corrected chi connectivity index (χ0v) is 18.6. The number of nitrogens with zero attached hydrogens (tertiary/aromatic N) is 2. The van der Waals surface area contributed by atoms with E-state index in [1.165, 1.54) is 4.90 Å². The van der Waals surface area contributed by atoms with Crippen molar-refractivity contribution in [3.63, 3.8) is 0 Å². The molecule has 1 aliphatic rings. The molecule has 1 amide bonds. The second-order valence-corrected chi connectivity index (χ2v) is 8.16. The highest BCUT2D eigenvalue weighted by atomic mass is 19.4. The number of amides is 1. The van der Waals surface area contributed by atoms with Gasteiger partial charge in [-0.05, 0) is 23.8 Å². The molecule has 0 saturated heterocycles. The predicted octanol–water partition coefficient (Wildman–Crippen LogP) is 3.67. The Kier molecular flexibility index (Phi) is 7.43. The van der Waals surface area contributed by atoms with E-state index in [2.05, 4.69) is 10.3 Å². The van der Waals surface area contributed by atoms with Crippen molar-refractivity contribution in [2.75, 3.05) is 18.4 Å². The largest absolute Gasteiger partial charge is 0.481 e. The first-order valence-electron chi connectivity index (χ1n) is 10.6. The molecule has 1 aromatic carbocycles. The van der Waals surface area contributed by atoms with E-state index >= 15 is 0 Å². The first-order valence-corrected chi connectivity index (χ1v) is 10.6. The number of fused-ring (bicyclic) bond motifs is 1. The maximum atomic E-state index is 13.2. The Hall–Kier alpha value is -3.63. The number of hydrogen-bond donors (Lipinski definition) is 2. The quantitative estimate of drug-likeness (QED) is 0.481. The number of carboxylic acids is 1. The Balaban J connectivity index is 1.87. The third kappa shape index (κ3) is 6.03. The van der Waals surface area contributed by atoms with Gasteiger partial charge in [-0.1, -0.05) is 32.0 Å². The normalized spacial score (nSPS) is 15.8. The van der Waals surface area contributed by atoms with E-state index < -0.39 is 42.2 Å². The van der Waals surface area contributed by atoms with Crippen molar-refractivity contribution in [1.82, 2.24) is 9.88 Å². The highest BCUT2D eigenvalue weighted by Crippen LogP contribution is 2.36. The summed E-state index contributed by atoms with van der Waals surface area (Å²) < 4.78 is 44.5. The summed E-state index contributed by atoms with van der Waals surface area (Å²) in [5.74, 6) is -2.22. The smallest absolute Gasteiger partial charge is 0.433 e. The number of carbonyl (C=O) groups is 3. The summed E-state index contributed by atoms with van der Waals surface area (Å²) in [5.41, 5.74) is -0.377. The molecule has 0 radical (unpaired) electrons. The fourth-order valence-corrected chi connectivity index (χ4v) is 3.57. The van der Waals surface area contributed by atoms with Gasteiger partial charge in [0, 0.05) is 18.7 Å². The van der Waals surface area contributed by atoms with Crippen molar-refractivity contribution in [3.8, 4) is 5.75 Å². The first-order chi connectivity index (χ1) is 16.0. The Bertz CT molecular complexity index is 1090. The molecular weight excluding hydrogens is 455 g/mol. The molecule has 2 N–H and O–H groups in total. The SMILES string of the molecule is CC(C)C(=O)Oc1cccc(CC(=O)N2CCNc3nc(C(F)(F)F)ccc3[C@H]2CC(=O)O)c1. The zero-order chi connectivity index (χ0) is 25.0. The van der Waals surface area contributed by atoms with E-state index in [0.717, 1.165) is 12.1 Å². The summed E-state index contributed by atoms with van der Waals surface area (Å²) in [4.78, 5) is 41.5. The molecule has 11 heteroatoms. The Morgan fingerprint density at radius 3 is 2.62 bits per heavy atom. The van der Waals surface area contributed by atoms with Crippen molar-refractivity contribution in [1.29, 1.82) is 0 Å². The van der Waals surface area contributed by atoms with Crippen LogP contribution in [0.5, 0.6) is 5.75 Å². The van der Waals surface area contributed by atoms with E-state index in [1.54, 1.807) is 38.1 Å². The average Bonchev–Trinajstić information content (AvgIpc) is 2.92. The van der Waals surface area contributed by atoms with Gasteiger partial charge in [0.2, 0.25) is 5.91 Å². The van der Waals surface area contributed by atoms with Crippen LogP contribution in [0.4, 0.5) is 19.0 Å². The van der Waals surface area contributed by atoms with Gasteiger partial charge in [0.05, 0.1) is 24.8 Å². The van der Waals surface area contributed by atoms with Crippen LogP contribution in [-0.2, 0) is 27.0 Å². The van der Waals surface area contributed by atoms with Crippen molar-refractivity contribution in [2.24, 2.45) is 5.92 Å². The van der Waals surface area contributed by atoms with E-state index in [0.29, 0.717) is 5.56 Å². The fraction of sp³-hybridized carbons (Fsp3) is 0.391. The molecule has 1 aliphatic heterocycles. The van der Waals surface area contributed by atoms with E-state index in [1.807, 2.05) is 0 Å². The highest BCUT2D eigenvalue weighted by molar-refractivity contribution is 5.81. The first kappa shape index (κ1) is 25.0. The number of rotatable bonds is 6. The molecule has 3 rings (SSSR count). The second kappa shape index (κ2) is 10.1. The van der Waals surface area contributed by atoms with Crippen molar-refractivity contribution >= 4 is 23.7 Å². The standard InChI is InChI=1S/C23H24F3N3O5/c1-13(2)22(33)34-15-5-3-4-14(10-15)11-19(30)29-9-8-27-21-16(17(29)12-20(31)32)6-7-18(28-21)23(24,25)26/h3-7,10,13,17H,8-9,11-12H2,1-2H3,(H,27,28)(H,31,32)/t17-/m1/s1. The second-order valence-electron chi connectivity index (χ2n) is 8.16. The highest BCUT2D eigenvalue weighted by Gasteiger charge is 2.36. The molecule has 0 spiro atoms. The molecular formula is C23H24F3N3O5. The number of pyridine rings is 1. The summed E-state index contributed by atoms with van der Waals surface area (Å²) in [5, 5.41) is 12.2. The van der Waals surface area contributed by atoms with E-state index in [4.69, 9.17) is 4.74 Å². The summed E-state index contributed by atoms with van der Waals surface area (Å²) in [6, 6.07) is 7.34. The van der Waals surface area contributed by atoms with E-state index in [9.17, 15) is 32.7 Å². The van der Waals surface area contributed by atoms with Gasteiger partial charge in [-0.25, -0.2) is 4.98 Å². The van der Waals surface area contributed by atoms with Crippen LogP contribution in [-0.4, -0.2) is 45.9 Å². The Morgan fingerprint density at radius 1 is 1.24 bits per heavy atom. The van der Waals surface area contributed by atoms with Gasteiger partial charge in [-0.2, -0.15) is 13.2 Å². The van der Waals surface area contributed by atoms with Gasteiger partial charge in [-0.3, -0.25) is 14.4 Å². The molecule has 2 aromatic rings. The number of nitrogens with one attached hydrogen (secondary N) is 1.